The molecule has 0 aromatic heterocycles. The molecule has 1 aromatic carbocycles. The SMILES string of the molecule is CCCCS(=O)(=O)CC(NC)c1cc(OC)ccc1OC. The molecule has 0 saturated heterocycles. The molecule has 6 heteroatoms. The van der Waals surface area contributed by atoms with Crippen LogP contribution >= 0.6 is 0 Å². The lowest BCUT2D eigenvalue weighted by atomic mass is 10.1. The van der Waals surface area contributed by atoms with Gasteiger partial charge in [0.05, 0.1) is 25.7 Å². The Hall–Kier alpha value is -1.27. The average molecular weight is 315 g/mol. The first kappa shape index (κ1) is 17.8. The number of sulfone groups is 1. The van der Waals surface area contributed by atoms with Gasteiger partial charge in [-0.25, -0.2) is 8.42 Å². The summed E-state index contributed by atoms with van der Waals surface area (Å²) in [6.45, 7) is 1.98. The van der Waals surface area contributed by atoms with Crippen LogP contribution < -0.4 is 14.8 Å². The van der Waals surface area contributed by atoms with Gasteiger partial charge in [0, 0.05) is 11.6 Å². The maximum atomic E-state index is 12.2. The van der Waals surface area contributed by atoms with Crippen LogP contribution in [0, 0.1) is 0 Å². The van der Waals surface area contributed by atoms with Crippen LogP contribution in [0.1, 0.15) is 31.4 Å². The van der Waals surface area contributed by atoms with Crippen molar-refractivity contribution in [3.05, 3.63) is 23.8 Å². The number of methoxy groups -OCH3 is 2. The summed E-state index contributed by atoms with van der Waals surface area (Å²) in [5.74, 6) is 1.60. The van der Waals surface area contributed by atoms with Crippen LogP contribution in [0.3, 0.4) is 0 Å². The highest BCUT2D eigenvalue weighted by molar-refractivity contribution is 7.91. The normalized spacial score (nSPS) is 13.0. The molecule has 0 spiro atoms. The van der Waals surface area contributed by atoms with Gasteiger partial charge >= 0.3 is 0 Å². The summed E-state index contributed by atoms with van der Waals surface area (Å²) < 4.78 is 34.9. The van der Waals surface area contributed by atoms with Crippen molar-refractivity contribution in [2.24, 2.45) is 0 Å². The first-order valence-electron chi connectivity index (χ1n) is 7.07. The van der Waals surface area contributed by atoms with E-state index in [1.807, 2.05) is 13.0 Å². The molecule has 0 aliphatic rings. The third-order valence-electron chi connectivity index (χ3n) is 3.39. The Bertz CT molecular complexity index is 543. The summed E-state index contributed by atoms with van der Waals surface area (Å²) >= 11 is 0. The molecule has 0 heterocycles. The largest absolute Gasteiger partial charge is 0.497 e. The zero-order chi connectivity index (χ0) is 15.9. The molecule has 1 atom stereocenters. The molecule has 1 rings (SSSR count). The molecule has 0 radical (unpaired) electrons. The van der Waals surface area contributed by atoms with Gasteiger partial charge in [-0.1, -0.05) is 13.3 Å². The molecule has 0 amide bonds. The van der Waals surface area contributed by atoms with Gasteiger partial charge in [-0.3, -0.25) is 0 Å². The lowest BCUT2D eigenvalue weighted by molar-refractivity contribution is 0.393. The van der Waals surface area contributed by atoms with Crippen molar-refractivity contribution in [3.63, 3.8) is 0 Å². The van der Waals surface area contributed by atoms with Crippen LogP contribution in [0.2, 0.25) is 0 Å². The van der Waals surface area contributed by atoms with Gasteiger partial charge in [-0.05, 0) is 31.7 Å². The fourth-order valence-corrected chi connectivity index (χ4v) is 3.89. The highest BCUT2D eigenvalue weighted by Gasteiger charge is 2.22. The van der Waals surface area contributed by atoms with E-state index < -0.39 is 9.84 Å². The molecule has 1 unspecified atom stereocenters. The molecule has 120 valence electrons. The Morgan fingerprint density at radius 3 is 2.48 bits per heavy atom. The zero-order valence-corrected chi connectivity index (χ0v) is 14.0. The highest BCUT2D eigenvalue weighted by Crippen LogP contribution is 2.30. The van der Waals surface area contributed by atoms with E-state index in [1.165, 1.54) is 0 Å². The predicted octanol–water partition coefficient (Wildman–Crippen LogP) is 2.18. The summed E-state index contributed by atoms with van der Waals surface area (Å²) in [5.41, 5.74) is 0.791. The van der Waals surface area contributed by atoms with Crippen LogP contribution in [0.4, 0.5) is 0 Å². The third kappa shape index (κ3) is 5.21. The Morgan fingerprint density at radius 2 is 1.95 bits per heavy atom. The highest BCUT2D eigenvalue weighted by atomic mass is 32.2. The second-order valence-corrected chi connectivity index (χ2v) is 7.15. The minimum atomic E-state index is -3.11. The van der Waals surface area contributed by atoms with E-state index in [-0.39, 0.29) is 17.5 Å². The number of nitrogens with one attached hydrogen (secondary N) is 1. The monoisotopic (exact) mass is 315 g/mol. The summed E-state index contributed by atoms with van der Waals surface area (Å²) in [7, 11) is 1.80. The average Bonchev–Trinajstić information content (AvgIpc) is 2.50. The van der Waals surface area contributed by atoms with Crippen LogP contribution in [0.15, 0.2) is 18.2 Å². The van der Waals surface area contributed by atoms with E-state index in [4.69, 9.17) is 9.47 Å². The molecule has 5 nitrogen and oxygen atoms in total. The Balaban J connectivity index is 3.04. The fourth-order valence-electron chi connectivity index (χ4n) is 2.14. The van der Waals surface area contributed by atoms with Crippen molar-refractivity contribution in [1.29, 1.82) is 0 Å². The molecule has 0 aliphatic carbocycles. The fraction of sp³-hybridized carbons (Fsp3) is 0.600. The minimum Gasteiger partial charge on any atom is -0.497 e. The second-order valence-electron chi connectivity index (χ2n) is 4.92. The summed E-state index contributed by atoms with van der Waals surface area (Å²) in [6.07, 6.45) is 1.56. The maximum absolute atomic E-state index is 12.2. The van der Waals surface area contributed by atoms with E-state index in [2.05, 4.69) is 5.32 Å². The van der Waals surface area contributed by atoms with Crippen LogP contribution in [0.25, 0.3) is 0 Å². The molecular formula is C15H25NO4S. The Labute approximate surface area is 127 Å². The van der Waals surface area contributed by atoms with Gasteiger partial charge in [0.15, 0.2) is 9.84 Å². The number of benzene rings is 1. The van der Waals surface area contributed by atoms with Crippen molar-refractivity contribution in [2.45, 2.75) is 25.8 Å². The number of unbranched alkanes of at least 4 members (excludes halogenated alkanes) is 1. The van der Waals surface area contributed by atoms with Crippen LogP contribution in [-0.2, 0) is 9.84 Å². The lowest BCUT2D eigenvalue weighted by Gasteiger charge is -2.20. The summed E-state index contributed by atoms with van der Waals surface area (Å²) in [6, 6.07) is 5.07. The molecule has 1 aromatic rings. The smallest absolute Gasteiger partial charge is 0.152 e. The maximum Gasteiger partial charge on any atom is 0.152 e. The van der Waals surface area contributed by atoms with E-state index in [0.717, 1.165) is 12.0 Å². The van der Waals surface area contributed by atoms with Gasteiger partial charge in [0.1, 0.15) is 11.5 Å². The summed E-state index contributed by atoms with van der Waals surface area (Å²) in [5, 5.41) is 3.06. The summed E-state index contributed by atoms with van der Waals surface area (Å²) in [4.78, 5) is 0. The lowest BCUT2D eigenvalue weighted by Crippen LogP contribution is -2.27. The van der Waals surface area contributed by atoms with E-state index in [1.54, 1.807) is 33.4 Å². The van der Waals surface area contributed by atoms with Crippen LogP contribution in [0.5, 0.6) is 11.5 Å². The predicted molar refractivity (Wildman–Crippen MR) is 84.9 cm³/mol. The van der Waals surface area contributed by atoms with E-state index in [0.29, 0.717) is 17.9 Å². The van der Waals surface area contributed by atoms with E-state index >= 15 is 0 Å². The van der Waals surface area contributed by atoms with Crippen molar-refractivity contribution in [1.82, 2.24) is 5.32 Å². The van der Waals surface area contributed by atoms with Gasteiger partial charge in [0.25, 0.3) is 0 Å². The van der Waals surface area contributed by atoms with Crippen molar-refractivity contribution >= 4 is 9.84 Å². The van der Waals surface area contributed by atoms with E-state index in [9.17, 15) is 8.42 Å². The first-order chi connectivity index (χ1) is 9.97. The number of ether oxygens (including phenoxy) is 2. The molecule has 21 heavy (non-hydrogen) atoms. The first-order valence-corrected chi connectivity index (χ1v) is 8.89. The molecule has 0 bridgehead atoms. The van der Waals surface area contributed by atoms with Gasteiger partial charge < -0.3 is 14.8 Å². The Morgan fingerprint density at radius 1 is 1.24 bits per heavy atom. The molecule has 0 aliphatic heterocycles. The number of rotatable bonds is 9. The van der Waals surface area contributed by atoms with Crippen molar-refractivity contribution in [3.8, 4) is 11.5 Å². The second kappa shape index (κ2) is 8.24. The number of hydrogen-bond donors (Lipinski definition) is 1. The Kier molecular flexibility index (Phi) is 6.98. The van der Waals surface area contributed by atoms with Gasteiger partial charge in [0.2, 0.25) is 0 Å². The topological polar surface area (TPSA) is 64.6 Å². The number of hydrogen-bond acceptors (Lipinski definition) is 5. The standard InChI is InChI=1S/C15H25NO4S/c1-5-6-9-21(17,18)11-14(16-2)13-10-12(19-3)7-8-15(13)20-4/h7-8,10,14,16H,5-6,9,11H2,1-4H3. The van der Waals surface area contributed by atoms with Crippen LogP contribution in [-0.4, -0.2) is 41.2 Å². The van der Waals surface area contributed by atoms with Gasteiger partial charge in [-0.2, -0.15) is 0 Å². The van der Waals surface area contributed by atoms with Gasteiger partial charge in [-0.15, -0.1) is 0 Å². The molecule has 0 fully saturated rings. The molecular weight excluding hydrogens is 290 g/mol. The minimum absolute atomic E-state index is 0.0486. The quantitative estimate of drug-likeness (QED) is 0.756. The third-order valence-corrected chi connectivity index (χ3v) is 5.14. The molecule has 0 saturated carbocycles. The van der Waals surface area contributed by atoms with Crippen molar-refractivity contribution in [2.75, 3.05) is 32.8 Å². The zero-order valence-electron chi connectivity index (χ0n) is 13.2. The van der Waals surface area contributed by atoms with Crippen molar-refractivity contribution < 1.29 is 17.9 Å². The molecule has 1 N–H and O–H groups in total.